The van der Waals surface area contributed by atoms with Gasteiger partial charge in [0.2, 0.25) is 11.8 Å². The highest BCUT2D eigenvalue weighted by atomic mass is 35.5. The second-order valence-electron chi connectivity index (χ2n) is 7.61. The summed E-state index contributed by atoms with van der Waals surface area (Å²) in [4.78, 5) is 27.6. The van der Waals surface area contributed by atoms with E-state index in [0.717, 1.165) is 31.4 Å². The van der Waals surface area contributed by atoms with Gasteiger partial charge >= 0.3 is 0 Å². The molecule has 2 heterocycles. The highest BCUT2D eigenvalue weighted by Crippen LogP contribution is 2.38. The molecule has 0 aliphatic carbocycles. The van der Waals surface area contributed by atoms with Crippen LogP contribution in [0.3, 0.4) is 0 Å². The van der Waals surface area contributed by atoms with Gasteiger partial charge < -0.3 is 15.0 Å². The summed E-state index contributed by atoms with van der Waals surface area (Å²) in [5, 5.41) is 3.74. The molecule has 6 heteroatoms. The van der Waals surface area contributed by atoms with Crippen LogP contribution in [0.25, 0.3) is 0 Å². The minimum Gasteiger partial charge on any atom is -0.381 e. The van der Waals surface area contributed by atoms with Gasteiger partial charge in [0.15, 0.2) is 0 Å². The maximum atomic E-state index is 13.7. The van der Waals surface area contributed by atoms with Crippen molar-refractivity contribution in [3.8, 4) is 0 Å². The largest absolute Gasteiger partial charge is 0.381 e. The van der Waals surface area contributed by atoms with Crippen LogP contribution in [-0.2, 0) is 19.7 Å². The van der Waals surface area contributed by atoms with Gasteiger partial charge in [-0.25, -0.2) is 0 Å². The van der Waals surface area contributed by atoms with Crippen molar-refractivity contribution in [1.82, 2.24) is 10.2 Å². The molecule has 2 aliphatic rings. The zero-order valence-corrected chi connectivity index (χ0v) is 16.8. The van der Waals surface area contributed by atoms with Crippen molar-refractivity contribution in [2.24, 2.45) is 0 Å². The molecule has 2 amide bonds. The van der Waals surface area contributed by atoms with Gasteiger partial charge in [-0.3, -0.25) is 9.59 Å². The number of amides is 2. The van der Waals surface area contributed by atoms with Crippen LogP contribution < -0.4 is 5.32 Å². The molecule has 0 saturated carbocycles. The molecule has 1 N–H and O–H groups in total. The van der Waals surface area contributed by atoms with Crippen molar-refractivity contribution in [3.05, 3.63) is 34.9 Å². The fourth-order valence-corrected chi connectivity index (χ4v) is 4.43. The van der Waals surface area contributed by atoms with Crippen molar-refractivity contribution in [1.29, 1.82) is 0 Å². The molecule has 0 radical (unpaired) electrons. The summed E-state index contributed by atoms with van der Waals surface area (Å²) >= 11 is 6.22. The van der Waals surface area contributed by atoms with Gasteiger partial charge in [0.1, 0.15) is 0 Å². The topological polar surface area (TPSA) is 58.6 Å². The smallest absolute Gasteiger partial charge is 0.233 e. The Kier molecular flexibility index (Phi) is 6.77. The van der Waals surface area contributed by atoms with E-state index in [1.165, 1.54) is 0 Å². The van der Waals surface area contributed by atoms with E-state index in [4.69, 9.17) is 16.3 Å². The summed E-state index contributed by atoms with van der Waals surface area (Å²) in [6, 6.07) is 7.70. The van der Waals surface area contributed by atoms with E-state index in [1.54, 1.807) is 0 Å². The number of hydrogen-bond donors (Lipinski definition) is 1. The van der Waals surface area contributed by atoms with Crippen molar-refractivity contribution >= 4 is 23.4 Å². The van der Waals surface area contributed by atoms with Gasteiger partial charge in [-0.15, -0.1) is 0 Å². The molecular weight excluding hydrogens is 364 g/mol. The van der Waals surface area contributed by atoms with Gasteiger partial charge in [-0.05, 0) is 49.8 Å². The van der Waals surface area contributed by atoms with Crippen LogP contribution in [0.15, 0.2) is 24.3 Å². The molecule has 2 fully saturated rings. The quantitative estimate of drug-likeness (QED) is 0.836. The summed E-state index contributed by atoms with van der Waals surface area (Å²) < 4.78 is 5.55. The van der Waals surface area contributed by atoms with Gasteiger partial charge in [-0.1, -0.05) is 30.7 Å². The molecule has 148 valence electrons. The first kappa shape index (κ1) is 20.2. The molecule has 1 unspecified atom stereocenters. The summed E-state index contributed by atoms with van der Waals surface area (Å²) in [5.41, 5.74) is 0.388. The number of likely N-dealkylation sites (tertiary alicyclic amines) is 1. The van der Waals surface area contributed by atoms with E-state index in [9.17, 15) is 9.59 Å². The average Bonchev–Trinajstić information content (AvgIpc) is 2.68. The lowest BCUT2D eigenvalue weighted by molar-refractivity contribution is -0.143. The maximum Gasteiger partial charge on any atom is 0.233 e. The van der Waals surface area contributed by atoms with Crippen LogP contribution in [0, 0.1) is 0 Å². The van der Waals surface area contributed by atoms with Crippen LogP contribution >= 0.6 is 11.6 Å². The maximum absolute atomic E-state index is 13.7. The number of rotatable bonds is 5. The van der Waals surface area contributed by atoms with Crippen LogP contribution in [0.1, 0.15) is 51.0 Å². The van der Waals surface area contributed by atoms with Crippen molar-refractivity contribution in [2.75, 3.05) is 26.3 Å². The number of carbonyl (C=O) groups is 2. The first-order valence-corrected chi connectivity index (χ1v) is 10.4. The molecular formula is C21H29ClN2O3. The number of benzene rings is 1. The standard InChI is InChI=1S/C21H29ClN2O3/c1-2-5-19(25)23-18-8-4-11-24(15-18)20(26)21(9-12-27-13-10-21)16-6-3-7-17(22)14-16/h3,6-7,14,18H,2,4-5,8-13,15H2,1H3,(H,23,25). The second-order valence-corrected chi connectivity index (χ2v) is 8.05. The van der Waals surface area contributed by atoms with Gasteiger partial charge in [0.25, 0.3) is 0 Å². The highest BCUT2D eigenvalue weighted by molar-refractivity contribution is 6.30. The lowest BCUT2D eigenvalue weighted by atomic mass is 9.72. The minimum absolute atomic E-state index is 0.0398. The number of hydrogen-bond acceptors (Lipinski definition) is 3. The van der Waals surface area contributed by atoms with E-state index in [0.29, 0.717) is 44.0 Å². The highest BCUT2D eigenvalue weighted by Gasteiger charge is 2.45. The summed E-state index contributed by atoms with van der Waals surface area (Å²) in [6.45, 7) is 4.46. The Labute approximate surface area is 166 Å². The van der Waals surface area contributed by atoms with Gasteiger partial charge in [0.05, 0.1) is 5.41 Å². The summed E-state index contributed by atoms with van der Waals surface area (Å²) in [7, 11) is 0. The van der Waals surface area contributed by atoms with E-state index in [1.807, 2.05) is 36.1 Å². The molecule has 1 aromatic carbocycles. The Hall–Kier alpha value is -1.59. The van der Waals surface area contributed by atoms with Crippen LogP contribution in [0.5, 0.6) is 0 Å². The normalized spacial score (nSPS) is 22.3. The van der Waals surface area contributed by atoms with E-state index >= 15 is 0 Å². The monoisotopic (exact) mass is 392 g/mol. The number of nitrogens with zero attached hydrogens (tertiary/aromatic N) is 1. The summed E-state index contributed by atoms with van der Waals surface area (Å²) in [6.07, 6.45) is 4.52. The Balaban J connectivity index is 1.79. The zero-order chi connectivity index (χ0) is 19.3. The Morgan fingerprint density at radius 2 is 2.11 bits per heavy atom. The molecule has 5 nitrogen and oxygen atoms in total. The fraction of sp³-hybridized carbons (Fsp3) is 0.619. The molecule has 2 saturated heterocycles. The van der Waals surface area contributed by atoms with Crippen molar-refractivity contribution < 1.29 is 14.3 Å². The summed E-state index contributed by atoms with van der Waals surface area (Å²) in [5.74, 6) is 0.218. The third-order valence-corrected chi connectivity index (χ3v) is 5.92. The number of piperidine rings is 1. The molecule has 27 heavy (non-hydrogen) atoms. The number of nitrogens with one attached hydrogen (secondary N) is 1. The number of carbonyl (C=O) groups excluding carboxylic acids is 2. The Morgan fingerprint density at radius 1 is 1.33 bits per heavy atom. The predicted octanol–water partition coefficient (Wildman–Crippen LogP) is 3.30. The third-order valence-electron chi connectivity index (χ3n) is 5.68. The van der Waals surface area contributed by atoms with Crippen LogP contribution in [-0.4, -0.2) is 49.1 Å². The predicted molar refractivity (Wildman–Crippen MR) is 106 cm³/mol. The third kappa shape index (κ3) is 4.64. The Bertz CT molecular complexity index is 673. The fourth-order valence-electron chi connectivity index (χ4n) is 4.24. The zero-order valence-electron chi connectivity index (χ0n) is 16.0. The number of ether oxygens (including phenoxy) is 1. The molecule has 1 atom stereocenters. The molecule has 3 rings (SSSR count). The van der Waals surface area contributed by atoms with E-state index in [2.05, 4.69) is 5.32 Å². The van der Waals surface area contributed by atoms with Crippen molar-refractivity contribution in [3.63, 3.8) is 0 Å². The van der Waals surface area contributed by atoms with Gasteiger partial charge in [-0.2, -0.15) is 0 Å². The Morgan fingerprint density at radius 3 is 2.81 bits per heavy atom. The first-order valence-electron chi connectivity index (χ1n) is 9.97. The molecule has 1 aromatic rings. The minimum atomic E-state index is -0.585. The van der Waals surface area contributed by atoms with E-state index in [-0.39, 0.29) is 17.9 Å². The average molecular weight is 393 g/mol. The van der Waals surface area contributed by atoms with Gasteiger partial charge in [0, 0.05) is 43.8 Å². The lowest BCUT2D eigenvalue weighted by Gasteiger charge is -2.43. The molecule has 0 bridgehead atoms. The molecule has 2 aliphatic heterocycles. The molecule has 0 aromatic heterocycles. The lowest BCUT2D eigenvalue weighted by Crippen LogP contribution is -2.56. The SMILES string of the molecule is CCCC(=O)NC1CCCN(C(=O)C2(c3cccc(Cl)c3)CCOCC2)C1. The van der Waals surface area contributed by atoms with E-state index < -0.39 is 5.41 Å². The van der Waals surface area contributed by atoms with Crippen LogP contribution in [0.2, 0.25) is 5.02 Å². The second kappa shape index (κ2) is 9.07. The number of halogens is 1. The van der Waals surface area contributed by atoms with Crippen molar-refractivity contribution in [2.45, 2.75) is 56.9 Å². The first-order chi connectivity index (χ1) is 13.0. The van der Waals surface area contributed by atoms with Crippen LogP contribution in [0.4, 0.5) is 0 Å². The molecule has 0 spiro atoms.